The molecule has 0 amide bonds. The molecular formula is C9H9NO2S. The molecule has 4 heteroatoms. The van der Waals surface area contributed by atoms with Crippen molar-refractivity contribution in [3.8, 4) is 0 Å². The fourth-order valence-corrected chi connectivity index (χ4v) is 1.14. The summed E-state index contributed by atoms with van der Waals surface area (Å²) >= 11 is 1.71. The number of H-pyrrole nitrogens is 1. The Bertz CT molecular complexity index is 309. The van der Waals surface area contributed by atoms with E-state index in [0.29, 0.717) is 0 Å². The lowest BCUT2D eigenvalue weighted by Crippen LogP contribution is -1.94. The van der Waals surface area contributed by atoms with Gasteiger partial charge in [-0.1, -0.05) is 12.1 Å². The van der Waals surface area contributed by atoms with E-state index in [1.807, 2.05) is 22.9 Å². The van der Waals surface area contributed by atoms with Gasteiger partial charge in [-0.2, -0.15) is 11.3 Å². The second-order valence-electron chi connectivity index (χ2n) is 2.18. The molecule has 0 spiro atoms. The first-order valence-electron chi connectivity index (χ1n) is 3.64. The molecule has 0 fully saturated rings. The maximum atomic E-state index is 10.0. The average Bonchev–Trinajstić information content (AvgIpc) is 2.82. The van der Waals surface area contributed by atoms with Crippen molar-refractivity contribution in [1.29, 1.82) is 0 Å². The van der Waals surface area contributed by atoms with Gasteiger partial charge in [0.25, 0.3) is 0 Å². The van der Waals surface area contributed by atoms with Crippen LogP contribution in [0.2, 0.25) is 0 Å². The maximum absolute atomic E-state index is 10.0. The van der Waals surface area contributed by atoms with Crippen molar-refractivity contribution in [2.24, 2.45) is 0 Å². The molecule has 0 aliphatic heterocycles. The summed E-state index contributed by atoms with van der Waals surface area (Å²) in [6.45, 7) is 0. The summed E-state index contributed by atoms with van der Waals surface area (Å²) in [5.74, 6) is -0.921. The Hall–Kier alpha value is -1.55. The van der Waals surface area contributed by atoms with E-state index in [9.17, 15) is 4.79 Å². The van der Waals surface area contributed by atoms with E-state index < -0.39 is 5.97 Å². The zero-order valence-corrected chi connectivity index (χ0v) is 7.62. The molecule has 68 valence electrons. The number of aromatic nitrogens is 1. The van der Waals surface area contributed by atoms with Gasteiger partial charge < -0.3 is 10.1 Å². The van der Waals surface area contributed by atoms with Crippen molar-refractivity contribution < 1.29 is 9.90 Å². The van der Waals surface area contributed by atoms with Gasteiger partial charge in [0.05, 0.1) is 0 Å². The highest BCUT2D eigenvalue weighted by atomic mass is 32.1. The first-order valence-corrected chi connectivity index (χ1v) is 4.59. The molecule has 0 unspecified atom stereocenters. The second-order valence-corrected chi connectivity index (χ2v) is 3.00. The minimum Gasteiger partial charge on any atom is -0.477 e. The van der Waals surface area contributed by atoms with Gasteiger partial charge >= 0.3 is 5.97 Å². The van der Waals surface area contributed by atoms with Crippen LogP contribution in [0.15, 0.2) is 41.2 Å². The topological polar surface area (TPSA) is 53.1 Å². The molecule has 0 saturated carbocycles. The van der Waals surface area contributed by atoms with Crippen LogP contribution in [0.4, 0.5) is 0 Å². The number of carbonyl (C=O) groups is 1. The molecule has 3 nitrogen and oxygen atoms in total. The average molecular weight is 195 g/mol. The van der Waals surface area contributed by atoms with Crippen LogP contribution in [0.3, 0.4) is 0 Å². The van der Waals surface area contributed by atoms with Crippen molar-refractivity contribution in [3.63, 3.8) is 0 Å². The number of hydrogen-bond acceptors (Lipinski definition) is 2. The van der Waals surface area contributed by atoms with Crippen LogP contribution in [-0.2, 0) is 0 Å². The maximum Gasteiger partial charge on any atom is 0.352 e. The molecule has 0 saturated heterocycles. The first-order chi connectivity index (χ1) is 6.30. The SMILES string of the molecule is O=C(O)c1ccc[nH]1.c1ccsc1. The molecule has 2 N–H and O–H groups in total. The van der Waals surface area contributed by atoms with Crippen LogP contribution in [-0.4, -0.2) is 16.1 Å². The molecule has 2 heterocycles. The Balaban J connectivity index is 0.000000145. The van der Waals surface area contributed by atoms with Gasteiger partial charge in [-0.3, -0.25) is 0 Å². The van der Waals surface area contributed by atoms with Crippen molar-refractivity contribution >= 4 is 17.3 Å². The van der Waals surface area contributed by atoms with Crippen LogP contribution < -0.4 is 0 Å². The summed E-state index contributed by atoms with van der Waals surface area (Å²) in [5.41, 5.74) is 0.227. The van der Waals surface area contributed by atoms with E-state index in [2.05, 4.69) is 4.98 Å². The van der Waals surface area contributed by atoms with Crippen LogP contribution >= 0.6 is 11.3 Å². The quantitative estimate of drug-likeness (QED) is 0.734. The molecule has 0 aliphatic carbocycles. The zero-order chi connectivity index (χ0) is 9.52. The molecule has 0 atom stereocenters. The highest BCUT2D eigenvalue weighted by molar-refractivity contribution is 7.07. The molecule has 2 rings (SSSR count). The van der Waals surface area contributed by atoms with E-state index in [1.54, 1.807) is 23.6 Å². The number of carboxylic acid groups (broad SMARTS) is 1. The Morgan fingerprint density at radius 3 is 2.23 bits per heavy atom. The van der Waals surface area contributed by atoms with Gasteiger partial charge in [0, 0.05) is 6.20 Å². The van der Waals surface area contributed by atoms with Gasteiger partial charge in [0.15, 0.2) is 0 Å². The fourth-order valence-electron chi connectivity index (χ4n) is 0.690. The van der Waals surface area contributed by atoms with E-state index >= 15 is 0 Å². The van der Waals surface area contributed by atoms with Crippen LogP contribution in [0.1, 0.15) is 10.5 Å². The Morgan fingerprint density at radius 2 is 2.00 bits per heavy atom. The summed E-state index contributed by atoms with van der Waals surface area (Å²) < 4.78 is 0. The van der Waals surface area contributed by atoms with E-state index in [0.717, 1.165) is 0 Å². The number of thiophene rings is 1. The standard InChI is InChI=1S/C5H5NO2.C4H4S/c7-5(8)4-2-1-3-6-4;1-2-4-5-3-1/h1-3,6H,(H,7,8);1-4H. The third-order valence-electron chi connectivity index (χ3n) is 1.25. The van der Waals surface area contributed by atoms with Gasteiger partial charge in [-0.15, -0.1) is 0 Å². The summed E-state index contributed by atoms with van der Waals surface area (Å²) in [6.07, 6.45) is 1.57. The monoisotopic (exact) mass is 195 g/mol. The molecule has 2 aromatic heterocycles. The fraction of sp³-hybridized carbons (Fsp3) is 0. The number of rotatable bonds is 1. The van der Waals surface area contributed by atoms with Crippen LogP contribution in [0.25, 0.3) is 0 Å². The third-order valence-corrected chi connectivity index (χ3v) is 1.88. The van der Waals surface area contributed by atoms with Crippen molar-refractivity contribution in [2.75, 3.05) is 0 Å². The van der Waals surface area contributed by atoms with E-state index in [4.69, 9.17) is 5.11 Å². The molecule has 0 bridgehead atoms. The van der Waals surface area contributed by atoms with Crippen molar-refractivity contribution in [3.05, 3.63) is 46.9 Å². The van der Waals surface area contributed by atoms with E-state index in [1.165, 1.54) is 6.07 Å². The van der Waals surface area contributed by atoms with Crippen LogP contribution in [0.5, 0.6) is 0 Å². The molecule has 13 heavy (non-hydrogen) atoms. The highest BCUT2D eigenvalue weighted by Crippen LogP contribution is 1.92. The molecule has 0 aromatic carbocycles. The van der Waals surface area contributed by atoms with Gasteiger partial charge in [0.1, 0.15) is 5.69 Å². The van der Waals surface area contributed by atoms with Crippen molar-refractivity contribution in [1.82, 2.24) is 4.98 Å². The lowest BCUT2D eigenvalue weighted by Gasteiger charge is -1.80. The summed E-state index contributed by atoms with van der Waals surface area (Å²) in [7, 11) is 0. The summed E-state index contributed by atoms with van der Waals surface area (Å²) in [6, 6.07) is 7.18. The largest absolute Gasteiger partial charge is 0.477 e. The Labute approximate surface area is 79.7 Å². The molecule has 2 aromatic rings. The smallest absolute Gasteiger partial charge is 0.352 e. The van der Waals surface area contributed by atoms with Gasteiger partial charge in [-0.25, -0.2) is 4.79 Å². The number of nitrogens with one attached hydrogen (secondary N) is 1. The third kappa shape index (κ3) is 3.57. The minimum atomic E-state index is -0.921. The zero-order valence-electron chi connectivity index (χ0n) is 6.81. The predicted molar refractivity (Wildman–Crippen MR) is 52.1 cm³/mol. The Morgan fingerprint density at radius 1 is 1.31 bits per heavy atom. The van der Waals surface area contributed by atoms with Crippen molar-refractivity contribution in [2.45, 2.75) is 0 Å². The number of carboxylic acids is 1. The molecular weight excluding hydrogens is 186 g/mol. The molecule has 0 radical (unpaired) electrons. The normalized spacial score (nSPS) is 8.62. The first kappa shape index (κ1) is 9.54. The Kier molecular flexibility index (Phi) is 3.78. The number of aromatic amines is 1. The number of hydrogen-bond donors (Lipinski definition) is 2. The summed E-state index contributed by atoms with van der Waals surface area (Å²) in [5, 5.41) is 12.3. The second kappa shape index (κ2) is 5.16. The summed E-state index contributed by atoms with van der Waals surface area (Å²) in [4.78, 5) is 12.6. The molecule has 0 aliphatic rings. The lowest BCUT2D eigenvalue weighted by molar-refractivity contribution is 0.0691. The van der Waals surface area contributed by atoms with Gasteiger partial charge in [-0.05, 0) is 22.9 Å². The van der Waals surface area contributed by atoms with Gasteiger partial charge in [0.2, 0.25) is 0 Å². The minimum absolute atomic E-state index is 0.227. The lowest BCUT2D eigenvalue weighted by atomic mass is 10.4. The predicted octanol–water partition coefficient (Wildman–Crippen LogP) is 2.46. The van der Waals surface area contributed by atoms with Crippen LogP contribution in [0, 0.1) is 0 Å². The highest BCUT2D eigenvalue weighted by Gasteiger charge is 1.98. The van der Waals surface area contributed by atoms with E-state index in [-0.39, 0.29) is 5.69 Å². The number of aromatic carboxylic acids is 1.